The number of piperidine rings is 1. The monoisotopic (exact) mass is 245 g/mol. The fraction of sp³-hybridized carbons (Fsp3) is 0.667. The van der Waals surface area contributed by atoms with E-state index in [-0.39, 0.29) is 0 Å². The molecular weight excluding hydrogens is 222 g/mol. The van der Waals surface area contributed by atoms with Crippen LogP contribution in [0.3, 0.4) is 0 Å². The molecule has 1 N–H and O–H groups in total. The number of rotatable bonds is 3. The maximum atomic E-state index is 4.44. The Morgan fingerprint density at radius 3 is 2.89 bits per heavy atom. The molecule has 1 aromatic rings. The molecule has 1 atom stereocenters. The summed E-state index contributed by atoms with van der Waals surface area (Å²) in [6, 6.07) is 2.37. The van der Waals surface area contributed by atoms with Gasteiger partial charge in [0, 0.05) is 25.5 Å². The molecule has 2 saturated heterocycles. The van der Waals surface area contributed by atoms with Gasteiger partial charge in [0.15, 0.2) is 0 Å². The Hall–Kier alpha value is -0.930. The highest BCUT2D eigenvalue weighted by Crippen LogP contribution is 2.23. The van der Waals surface area contributed by atoms with E-state index in [1.165, 1.54) is 49.9 Å². The zero-order valence-electron chi connectivity index (χ0n) is 11.1. The molecule has 2 aliphatic rings. The Bertz CT molecular complexity index is 379. The van der Waals surface area contributed by atoms with Crippen LogP contribution in [0.2, 0.25) is 0 Å². The summed E-state index contributed by atoms with van der Waals surface area (Å²) in [5.74, 6) is 0.679. The minimum atomic E-state index is 0.679. The smallest absolute Gasteiger partial charge is 0.0313 e. The van der Waals surface area contributed by atoms with Gasteiger partial charge in [-0.15, -0.1) is 0 Å². The van der Waals surface area contributed by atoms with E-state index >= 15 is 0 Å². The average Bonchev–Trinajstić information content (AvgIpc) is 2.94. The van der Waals surface area contributed by atoms with Gasteiger partial charge in [0.2, 0.25) is 0 Å². The second kappa shape index (κ2) is 5.81. The van der Waals surface area contributed by atoms with Crippen LogP contribution in [-0.2, 0) is 6.54 Å². The van der Waals surface area contributed by atoms with E-state index in [1.54, 1.807) is 0 Å². The molecule has 3 nitrogen and oxygen atoms in total. The van der Waals surface area contributed by atoms with Crippen LogP contribution in [0.5, 0.6) is 0 Å². The molecule has 1 aromatic heterocycles. The van der Waals surface area contributed by atoms with E-state index in [1.807, 2.05) is 6.20 Å². The minimum absolute atomic E-state index is 0.679. The van der Waals surface area contributed by atoms with Crippen LogP contribution in [-0.4, -0.2) is 36.1 Å². The molecule has 3 heteroatoms. The second-order valence-electron chi connectivity index (χ2n) is 5.65. The third-order valence-corrected chi connectivity index (χ3v) is 4.20. The molecule has 0 aliphatic carbocycles. The zero-order valence-corrected chi connectivity index (χ0v) is 11.1. The third-order valence-electron chi connectivity index (χ3n) is 4.20. The van der Waals surface area contributed by atoms with Crippen LogP contribution in [0.4, 0.5) is 0 Å². The molecule has 3 heterocycles. The van der Waals surface area contributed by atoms with Crippen molar-refractivity contribution in [3.05, 3.63) is 29.6 Å². The van der Waals surface area contributed by atoms with Crippen molar-refractivity contribution in [2.75, 3.05) is 26.2 Å². The first-order chi connectivity index (χ1) is 8.92. The molecule has 0 radical (unpaired) electrons. The quantitative estimate of drug-likeness (QED) is 0.884. The third kappa shape index (κ3) is 2.90. The fourth-order valence-corrected chi connectivity index (χ4v) is 3.13. The lowest BCUT2D eigenvalue weighted by Gasteiger charge is -2.26. The van der Waals surface area contributed by atoms with Crippen molar-refractivity contribution in [2.45, 2.75) is 38.1 Å². The lowest BCUT2D eigenvalue weighted by Crippen LogP contribution is -2.29. The van der Waals surface area contributed by atoms with E-state index in [0.29, 0.717) is 5.92 Å². The van der Waals surface area contributed by atoms with E-state index in [4.69, 9.17) is 0 Å². The van der Waals surface area contributed by atoms with Gasteiger partial charge in [0.25, 0.3) is 0 Å². The van der Waals surface area contributed by atoms with Gasteiger partial charge in [0.1, 0.15) is 0 Å². The predicted molar refractivity (Wildman–Crippen MR) is 73.6 cm³/mol. The van der Waals surface area contributed by atoms with Crippen LogP contribution in [0.15, 0.2) is 18.5 Å². The molecule has 0 spiro atoms. The second-order valence-corrected chi connectivity index (χ2v) is 5.65. The molecule has 1 unspecified atom stereocenters. The number of likely N-dealkylation sites (tertiary alicyclic amines) is 1. The average molecular weight is 245 g/mol. The van der Waals surface area contributed by atoms with E-state index in [9.17, 15) is 0 Å². The van der Waals surface area contributed by atoms with Crippen molar-refractivity contribution < 1.29 is 0 Å². The lowest BCUT2D eigenvalue weighted by atomic mass is 9.99. The molecule has 0 aromatic carbocycles. The van der Waals surface area contributed by atoms with Crippen LogP contribution < -0.4 is 5.32 Å². The minimum Gasteiger partial charge on any atom is -0.316 e. The lowest BCUT2D eigenvalue weighted by molar-refractivity contribution is 0.220. The first-order valence-corrected chi connectivity index (χ1v) is 7.29. The van der Waals surface area contributed by atoms with E-state index in [2.05, 4.69) is 27.5 Å². The Morgan fingerprint density at radius 2 is 2.11 bits per heavy atom. The number of pyridine rings is 1. The zero-order chi connectivity index (χ0) is 12.2. The van der Waals surface area contributed by atoms with Gasteiger partial charge < -0.3 is 5.32 Å². The summed E-state index contributed by atoms with van der Waals surface area (Å²) in [7, 11) is 0. The van der Waals surface area contributed by atoms with Crippen LogP contribution in [0.1, 0.15) is 42.7 Å². The number of hydrogen-bond acceptors (Lipinski definition) is 3. The van der Waals surface area contributed by atoms with Crippen LogP contribution in [0, 0.1) is 0 Å². The van der Waals surface area contributed by atoms with Crippen molar-refractivity contribution in [1.29, 1.82) is 0 Å². The van der Waals surface area contributed by atoms with Gasteiger partial charge in [-0.25, -0.2) is 0 Å². The molecule has 0 amide bonds. The van der Waals surface area contributed by atoms with Crippen LogP contribution >= 0.6 is 0 Å². The number of aromatic nitrogens is 1. The molecule has 2 fully saturated rings. The van der Waals surface area contributed by atoms with Gasteiger partial charge >= 0.3 is 0 Å². The van der Waals surface area contributed by atoms with E-state index in [0.717, 1.165) is 19.6 Å². The highest BCUT2D eigenvalue weighted by atomic mass is 15.1. The highest BCUT2D eigenvalue weighted by molar-refractivity contribution is 5.23. The summed E-state index contributed by atoms with van der Waals surface area (Å²) >= 11 is 0. The first-order valence-electron chi connectivity index (χ1n) is 7.29. The van der Waals surface area contributed by atoms with Gasteiger partial charge in [-0.3, -0.25) is 9.88 Å². The Morgan fingerprint density at radius 1 is 1.22 bits per heavy atom. The summed E-state index contributed by atoms with van der Waals surface area (Å²) in [5, 5.41) is 3.43. The Labute approximate surface area is 110 Å². The fourth-order valence-electron chi connectivity index (χ4n) is 3.13. The van der Waals surface area contributed by atoms with Crippen LogP contribution in [0.25, 0.3) is 0 Å². The molecule has 3 rings (SSSR count). The summed E-state index contributed by atoms with van der Waals surface area (Å²) in [6.45, 7) is 5.88. The van der Waals surface area contributed by atoms with Gasteiger partial charge in [-0.2, -0.15) is 0 Å². The molecule has 98 valence electrons. The largest absolute Gasteiger partial charge is 0.316 e. The SMILES string of the molecule is c1ncc(C2CCNC2)cc1CN1CCCCC1. The standard InChI is InChI=1S/C15H23N3/c1-2-6-18(7-3-1)12-13-8-15(11-17-9-13)14-4-5-16-10-14/h8-9,11,14,16H,1-7,10,12H2. The number of nitrogens with one attached hydrogen (secondary N) is 1. The van der Waals surface area contributed by atoms with Crippen molar-refractivity contribution in [3.8, 4) is 0 Å². The summed E-state index contributed by atoms with van der Waals surface area (Å²) in [5.41, 5.74) is 2.82. The van der Waals surface area contributed by atoms with E-state index < -0.39 is 0 Å². The molecule has 18 heavy (non-hydrogen) atoms. The van der Waals surface area contributed by atoms with Gasteiger partial charge in [-0.1, -0.05) is 12.5 Å². The van der Waals surface area contributed by atoms with Crippen molar-refractivity contribution in [1.82, 2.24) is 15.2 Å². The molecule has 0 saturated carbocycles. The van der Waals surface area contributed by atoms with Gasteiger partial charge in [-0.05, 0) is 55.9 Å². The van der Waals surface area contributed by atoms with Crippen molar-refractivity contribution in [3.63, 3.8) is 0 Å². The molecule has 2 aliphatic heterocycles. The predicted octanol–water partition coefficient (Wildman–Crippen LogP) is 2.14. The Kier molecular flexibility index (Phi) is 3.91. The normalized spacial score (nSPS) is 25.4. The molecular formula is C15H23N3. The summed E-state index contributed by atoms with van der Waals surface area (Å²) in [4.78, 5) is 7.01. The Balaban J connectivity index is 1.66. The number of hydrogen-bond donors (Lipinski definition) is 1. The maximum Gasteiger partial charge on any atom is 0.0313 e. The number of nitrogens with zero attached hydrogens (tertiary/aromatic N) is 2. The topological polar surface area (TPSA) is 28.2 Å². The highest BCUT2D eigenvalue weighted by Gasteiger charge is 2.17. The summed E-state index contributed by atoms with van der Waals surface area (Å²) in [6.07, 6.45) is 9.48. The molecule has 0 bridgehead atoms. The maximum absolute atomic E-state index is 4.44. The van der Waals surface area contributed by atoms with Crippen molar-refractivity contribution >= 4 is 0 Å². The summed E-state index contributed by atoms with van der Waals surface area (Å²) < 4.78 is 0. The first kappa shape index (κ1) is 12.1. The van der Waals surface area contributed by atoms with Gasteiger partial charge in [0.05, 0.1) is 0 Å². The van der Waals surface area contributed by atoms with Crippen molar-refractivity contribution in [2.24, 2.45) is 0 Å².